The molecule has 2 aromatic carbocycles. The molecule has 0 fully saturated rings. The SMILES string of the molecule is N#Cc1cccc(CS(=O)(=O)c2c(N)cccc2Cl)c1. The van der Waals surface area contributed by atoms with Crippen molar-refractivity contribution < 1.29 is 8.42 Å². The highest BCUT2D eigenvalue weighted by Crippen LogP contribution is 2.29. The summed E-state index contributed by atoms with van der Waals surface area (Å²) in [5, 5.41) is 8.92. The van der Waals surface area contributed by atoms with E-state index in [1.807, 2.05) is 6.07 Å². The number of rotatable bonds is 3. The molecule has 0 spiro atoms. The van der Waals surface area contributed by atoms with Crippen LogP contribution in [-0.4, -0.2) is 8.42 Å². The molecule has 0 aliphatic rings. The van der Waals surface area contributed by atoms with Crippen molar-refractivity contribution in [3.63, 3.8) is 0 Å². The fraction of sp³-hybridized carbons (Fsp3) is 0.0714. The molecule has 0 unspecified atom stereocenters. The second-order valence-corrected chi connectivity index (χ2v) is 6.56. The summed E-state index contributed by atoms with van der Waals surface area (Å²) < 4.78 is 24.8. The Labute approximate surface area is 122 Å². The molecule has 20 heavy (non-hydrogen) atoms. The van der Waals surface area contributed by atoms with Gasteiger partial charge in [0.1, 0.15) is 4.90 Å². The predicted molar refractivity (Wildman–Crippen MR) is 77.9 cm³/mol. The number of hydrogen-bond acceptors (Lipinski definition) is 4. The van der Waals surface area contributed by atoms with Gasteiger partial charge in [-0.2, -0.15) is 5.26 Å². The van der Waals surface area contributed by atoms with Crippen molar-refractivity contribution in [3.05, 3.63) is 58.6 Å². The van der Waals surface area contributed by atoms with Crippen LogP contribution in [0.4, 0.5) is 5.69 Å². The fourth-order valence-electron chi connectivity index (χ4n) is 1.88. The molecule has 2 N–H and O–H groups in total. The lowest BCUT2D eigenvalue weighted by Gasteiger charge is -2.09. The van der Waals surface area contributed by atoms with E-state index >= 15 is 0 Å². The Balaban J connectivity index is 2.44. The van der Waals surface area contributed by atoms with Crippen molar-refractivity contribution in [2.24, 2.45) is 0 Å². The van der Waals surface area contributed by atoms with Crippen molar-refractivity contribution in [2.75, 3.05) is 5.73 Å². The summed E-state index contributed by atoms with van der Waals surface area (Å²) in [5.74, 6) is -0.254. The van der Waals surface area contributed by atoms with Crippen molar-refractivity contribution >= 4 is 27.1 Å². The van der Waals surface area contributed by atoms with E-state index in [4.69, 9.17) is 22.6 Å². The molecule has 0 aromatic heterocycles. The van der Waals surface area contributed by atoms with Crippen LogP contribution in [0.5, 0.6) is 0 Å². The third-order valence-electron chi connectivity index (χ3n) is 2.72. The van der Waals surface area contributed by atoms with Gasteiger partial charge in [-0.15, -0.1) is 0 Å². The molecule has 6 heteroatoms. The van der Waals surface area contributed by atoms with Gasteiger partial charge < -0.3 is 5.73 Å². The van der Waals surface area contributed by atoms with Gasteiger partial charge in [-0.05, 0) is 29.8 Å². The summed E-state index contributed by atoms with van der Waals surface area (Å²) in [6.07, 6.45) is 0. The maximum atomic E-state index is 12.4. The Hall–Kier alpha value is -2.03. The maximum absolute atomic E-state index is 12.4. The molecule has 0 amide bonds. The minimum Gasteiger partial charge on any atom is -0.398 e. The van der Waals surface area contributed by atoms with Gasteiger partial charge in [-0.25, -0.2) is 8.42 Å². The van der Waals surface area contributed by atoms with Crippen LogP contribution in [0.15, 0.2) is 47.4 Å². The third kappa shape index (κ3) is 2.93. The van der Waals surface area contributed by atoms with Gasteiger partial charge in [-0.3, -0.25) is 0 Å². The monoisotopic (exact) mass is 306 g/mol. The second-order valence-electron chi connectivity index (χ2n) is 4.23. The predicted octanol–water partition coefficient (Wildman–Crippen LogP) is 2.77. The van der Waals surface area contributed by atoms with E-state index in [0.29, 0.717) is 11.1 Å². The Morgan fingerprint density at radius 1 is 1.20 bits per heavy atom. The van der Waals surface area contributed by atoms with E-state index in [2.05, 4.69) is 0 Å². The minimum absolute atomic E-state index is 0.0657. The normalized spacial score (nSPS) is 11.0. The summed E-state index contributed by atoms with van der Waals surface area (Å²) in [4.78, 5) is -0.0657. The van der Waals surface area contributed by atoms with Crippen molar-refractivity contribution in [1.82, 2.24) is 0 Å². The molecule has 0 saturated carbocycles. The molecular formula is C14H11ClN2O2S. The van der Waals surface area contributed by atoms with Gasteiger partial charge >= 0.3 is 0 Å². The molecule has 102 valence electrons. The van der Waals surface area contributed by atoms with Crippen LogP contribution in [0.2, 0.25) is 5.02 Å². The highest BCUT2D eigenvalue weighted by molar-refractivity contribution is 7.91. The van der Waals surface area contributed by atoms with Crippen LogP contribution in [0.25, 0.3) is 0 Å². The quantitative estimate of drug-likeness (QED) is 0.884. The zero-order valence-electron chi connectivity index (χ0n) is 10.4. The van der Waals surface area contributed by atoms with Crippen LogP contribution in [0.1, 0.15) is 11.1 Å². The first-order chi connectivity index (χ1) is 9.44. The number of nitrogen functional groups attached to an aromatic ring is 1. The Morgan fingerprint density at radius 2 is 1.90 bits per heavy atom. The van der Waals surface area contributed by atoms with Gasteiger partial charge in [0.05, 0.1) is 28.1 Å². The molecule has 0 heterocycles. The minimum atomic E-state index is -3.67. The Bertz CT molecular complexity index is 775. The van der Waals surface area contributed by atoms with E-state index in [0.717, 1.165) is 0 Å². The topological polar surface area (TPSA) is 84.0 Å². The van der Waals surface area contributed by atoms with Crippen LogP contribution in [0, 0.1) is 11.3 Å². The number of anilines is 1. The number of benzene rings is 2. The summed E-state index contributed by atoms with van der Waals surface area (Å²) in [6, 6.07) is 13.0. The van der Waals surface area contributed by atoms with Crippen molar-refractivity contribution in [2.45, 2.75) is 10.6 Å². The molecule has 0 atom stereocenters. The Kier molecular flexibility index (Phi) is 3.98. The van der Waals surface area contributed by atoms with Crippen molar-refractivity contribution in [1.29, 1.82) is 5.26 Å². The molecule has 2 rings (SSSR count). The third-order valence-corrected chi connectivity index (χ3v) is 4.94. The van der Waals surface area contributed by atoms with Crippen LogP contribution in [-0.2, 0) is 15.6 Å². The first-order valence-corrected chi connectivity index (χ1v) is 7.73. The number of sulfone groups is 1. The molecule has 4 nitrogen and oxygen atoms in total. The first-order valence-electron chi connectivity index (χ1n) is 5.70. The van der Waals surface area contributed by atoms with Crippen LogP contribution in [0.3, 0.4) is 0 Å². The number of halogens is 1. The molecule has 0 aliphatic carbocycles. The molecule has 0 radical (unpaired) electrons. The molecule has 2 aromatic rings. The summed E-state index contributed by atoms with van der Waals surface area (Å²) in [7, 11) is -3.67. The van der Waals surface area contributed by atoms with Gasteiger partial charge in [0.25, 0.3) is 0 Å². The number of nitrogens with zero attached hydrogens (tertiary/aromatic N) is 1. The van der Waals surface area contributed by atoms with E-state index in [9.17, 15) is 8.42 Å². The molecule has 0 bridgehead atoms. The van der Waals surface area contributed by atoms with E-state index in [1.54, 1.807) is 24.3 Å². The summed E-state index contributed by atoms with van der Waals surface area (Å²) >= 11 is 5.93. The second kappa shape index (κ2) is 5.53. The standard InChI is InChI=1S/C14H11ClN2O2S/c15-12-5-2-6-13(17)14(12)20(18,19)9-11-4-1-3-10(7-11)8-16/h1-7H,9,17H2. The zero-order valence-corrected chi connectivity index (χ0v) is 11.9. The van der Waals surface area contributed by atoms with E-state index in [1.165, 1.54) is 18.2 Å². The van der Waals surface area contributed by atoms with E-state index in [-0.39, 0.29) is 21.4 Å². The molecular weight excluding hydrogens is 296 g/mol. The summed E-state index contributed by atoms with van der Waals surface area (Å²) in [5.41, 5.74) is 6.74. The average Bonchev–Trinajstić information content (AvgIpc) is 2.37. The smallest absolute Gasteiger partial charge is 0.186 e. The van der Waals surface area contributed by atoms with Crippen molar-refractivity contribution in [3.8, 4) is 6.07 Å². The average molecular weight is 307 g/mol. The highest BCUT2D eigenvalue weighted by Gasteiger charge is 2.21. The fourth-order valence-corrected chi connectivity index (χ4v) is 3.97. The number of nitrogens with two attached hydrogens (primary N) is 1. The Morgan fingerprint density at radius 3 is 2.55 bits per heavy atom. The zero-order chi connectivity index (χ0) is 14.8. The first kappa shape index (κ1) is 14.4. The highest BCUT2D eigenvalue weighted by atomic mass is 35.5. The van der Waals surface area contributed by atoms with Gasteiger partial charge in [-0.1, -0.05) is 29.8 Å². The van der Waals surface area contributed by atoms with Gasteiger partial charge in [0.15, 0.2) is 9.84 Å². The lowest BCUT2D eigenvalue weighted by Crippen LogP contribution is -2.08. The van der Waals surface area contributed by atoms with Crippen LogP contribution >= 0.6 is 11.6 Å². The lowest BCUT2D eigenvalue weighted by molar-refractivity contribution is 0.595. The molecule has 0 saturated heterocycles. The maximum Gasteiger partial charge on any atom is 0.186 e. The number of nitriles is 1. The van der Waals surface area contributed by atoms with Gasteiger partial charge in [0.2, 0.25) is 0 Å². The summed E-state index contributed by atoms with van der Waals surface area (Å²) in [6.45, 7) is 0. The largest absolute Gasteiger partial charge is 0.398 e. The lowest BCUT2D eigenvalue weighted by atomic mass is 10.2. The van der Waals surface area contributed by atoms with Gasteiger partial charge in [0, 0.05) is 0 Å². The van der Waals surface area contributed by atoms with Crippen LogP contribution < -0.4 is 5.73 Å². The van der Waals surface area contributed by atoms with E-state index < -0.39 is 9.84 Å². The number of hydrogen-bond donors (Lipinski definition) is 1. The molecule has 0 aliphatic heterocycles.